The highest BCUT2D eigenvalue weighted by molar-refractivity contribution is 9.10. The number of anilines is 1. The minimum atomic E-state index is -3.43. The van der Waals surface area contributed by atoms with E-state index in [9.17, 15) is 8.42 Å². The van der Waals surface area contributed by atoms with Crippen LogP contribution in [0.1, 0.15) is 38.5 Å². The van der Waals surface area contributed by atoms with E-state index in [1.54, 1.807) is 22.5 Å². The van der Waals surface area contributed by atoms with Gasteiger partial charge in [0.2, 0.25) is 10.0 Å². The van der Waals surface area contributed by atoms with Gasteiger partial charge in [0, 0.05) is 22.7 Å². The van der Waals surface area contributed by atoms with Gasteiger partial charge in [-0.3, -0.25) is 0 Å². The molecule has 116 valence electrons. The minimum absolute atomic E-state index is 0.183. The molecule has 4 nitrogen and oxygen atoms in total. The van der Waals surface area contributed by atoms with Crippen molar-refractivity contribution in [3.05, 3.63) is 22.7 Å². The summed E-state index contributed by atoms with van der Waals surface area (Å²) in [6.07, 6.45) is 6.77. The fourth-order valence-electron chi connectivity index (χ4n) is 3.70. The number of nitrogens with two attached hydrogens (primary N) is 1. The molecule has 0 spiro atoms. The first-order chi connectivity index (χ1) is 10.00. The Morgan fingerprint density at radius 3 is 2.52 bits per heavy atom. The van der Waals surface area contributed by atoms with E-state index in [-0.39, 0.29) is 6.04 Å². The molecule has 2 N–H and O–H groups in total. The van der Waals surface area contributed by atoms with Gasteiger partial charge in [0.25, 0.3) is 0 Å². The molecule has 1 saturated carbocycles. The molecular formula is C15H21BrN2O2S. The van der Waals surface area contributed by atoms with Crippen molar-refractivity contribution in [2.75, 3.05) is 12.3 Å². The summed E-state index contributed by atoms with van der Waals surface area (Å²) in [5, 5.41) is 0. The second-order valence-electron chi connectivity index (χ2n) is 6.05. The van der Waals surface area contributed by atoms with Crippen LogP contribution in [-0.2, 0) is 10.0 Å². The number of nitrogens with zero attached hydrogens (tertiary/aromatic N) is 1. The second-order valence-corrected chi connectivity index (χ2v) is 8.80. The van der Waals surface area contributed by atoms with Crippen molar-refractivity contribution in [3.63, 3.8) is 0 Å². The number of benzene rings is 1. The molecule has 1 aliphatic carbocycles. The first-order valence-corrected chi connectivity index (χ1v) is 9.80. The first kappa shape index (κ1) is 15.3. The fraction of sp³-hybridized carbons (Fsp3) is 0.600. The van der Waals surface area contributed by atoms with E-state index >= 15 is 0 Å². The quantitative estimate of drug-likeness (QED) is 0.827. The summed E-state index contributed by atoms with van der Waals surface area (Å²) in [5.74, 6) is 0.537. The predicted molar refractivity (Wildman–Crippen MR) is 87.4 cm³/mol. The van der Waals surface area contributed by atoms with Gasteiger partial charge in [0.05, 0.1) is 4.90 Å². The molecule has 0 bridgehead atoms. The van der Waals surface area contributed by atoms with Crippen LogP contribution in [-0.4, -0.2) is 25.3 Å². The summed E-state index contributed by atoms with van der Waals surface area (Å²) in [7, 11) is -3.43. The maximum absolute atomic E-state index is 12.9. The molecule has 1 aromatic carbocycles. The Kier molecular flexibility index (Phi) is 4.30. The molecule has 1 aliphatic heterocycles. The third-order valence-corrected chi connectivity index (χ3v) is 7.41. The Morgan fingerprint density at radius 2 is 1.86 bits per heavy atom. The molecule has 0 radical (unpaired) electrons. The summed E-state index contributed by atoms with van der Waals surface area (Å²) in [4.78, 5) is 0.313. The van der Waals surface area contributed by atoms with Crippen molar-refractivity contribution in [1.82, 2.24) is 4.31 Å². The summed E-state index contributed by atoms with van der Waals surface area (Å²) in [6.45, 7) is 0.638. The maximum Gasteiger partial charge on any atom is 0.243 e. The minimum Gasteiger partial charge on any atom is -0.398 e. The molecule has 1 aromatic rings. The van der Waals surface area contributed by atoms with Gasteiger partial charge >= 0.3 is 0 Å². The normalized spacial score (nSPS) is 24.7. The summed E-state index contributed by atoms with van der Waals surface area (Å²) < 4.78 is 28.3. The number of halogens is 1. The van der Waals surface area contributed by atoms with E-state index < -0.39 is 10.0 Å². The molecule has 1 atom stereocenters. The Labute approximate surface area is 134 Å². The van der Waals surface area contributed by atoms with Crippen LogP contribution in [0.25, 0.3) is 0 Å². The van der Waals surface area contributed by atoms with Crippen molar-refractivity contribution < 1.29 is 8.42 Å². The van der Waals surface area contributed by atoms with Crippen molar-refractivity contribution in [2.24, 2.45) is 5.92 Å². The van der Waals surface area contributed by atoms with Gasteiger partial charge in [-0.15, -0.1) is 0 Å². The van der Waals surface area contributed by atoms with Gasteiger partial charge < -0.3 is 5.73 Å². The van der Waals surface area contributed by atoms with Gasteiger partial charge in [-0.05, 0) is 65.7 Å². The Morgan fingerprint density at radius 1 is 1.14 bits per heavy atom. The van der Waals surface area contributed by atoms with E-state index in [1.807, 2.05) is 0 Å². The van der Waals surface area contributed by atoms with Crippen molar-refractivity contribution >= 4 is 31.6 Å². The van der Waals surface area contributed by atoms with Crippen LogP contribution in [0.4, 0.5) is 5.69 Å². The molecule has 1 unspecified atom stereocenters. The van der Waals surface area contributed by atoms with E-state index in [0.717, 1.165) is 17.3 Å². The van der Waals surface area contributed by atoms with Crippen LogP contribution >= 0.6 is 15.9 Å². The van der Waals surface area contributed by atoms with Crippen molar-refractivity contribution in [1.29, 1.82) is 0 Å². The van der Waals surface area contributed by atoms with Crippen LogP contribution in [0.15, 0.2) is 27.6 Å². The van der Waals surface area contributed by atoms with Crippen molar-refractivity contribution in [2.45, 2.75) is 49.5 Å². The van der Waals surface area contributed by atoms with Crippen molar-refractivity contribution in [3.8, 4) is 0 Å². The molecule has 1 saturated heterocycles. The van der Waals surface area contributed by atoms with Gasteiger partial charge in [-0.2, -0.15) is 4.31 Å². The predicted octanol–water partition coefficient (Wildman–Crippen LogP) is 3.37. The molecular weight excluding hydrogens is 352 g/mol. The summed E-state index contributed by atoms with van der Waals surface area (Å²) in [6, 6.07) is 5.09. The first-order valence-electron chi connectivity index (χ1n) is 7.57. The highest BCUT2D eigenvalue weighted by Crippen LogP contribution is 2.38. The lowest BCUT2D eigenvalue weighted by molar-refractivity contribution is 0.288. The largest absolute Gasteiger partial charge is 0.398 e. The lowest BCUT2D eigenvalue weighted by atomic mass is 9.97. The van der Waals surface area contributed by atoms with Crippen LogP contribution < -0.4 is 5.73 Å². The van der Waals surface area contributed by atoms with Gasteiger partial charge in [0.1, 0.15) is 0 Å². The molecule has 2 aliphatic rings. The number of hydrogen-bond acceptors (Lipinski definition) is 3. The zero-order valence-corrected chi connectivity index (χ0v) is 14.4. The lowest BCUT2D eigenvalue weighted by Crippen LogP contribution is -2.39. The smallest absolute Gasteiger partial charge is 0.243 e. The molecule has 21 heavy (non-hydrogen) atoms. The standard InChI is InChI=1S/C15H21BrN2O2S/c16-13-8-7-12(10-14(13)17)21(19,20)18-9-3-6-15(18)11-4-1-2-5-11/h7-8,10-11,15H,1-6,9,17H2. The SMILES string of the molecule is Nc1cc(S(=O)(=O)N2CCCC2C2CCCC2)ccc1Br. The molecule has 0 amide bonds. The zero-order valence-electron chi connectivity index (χ0n) is 12.0. The molecule has 2 fully saturated rings. The maximum atomic E-state index is 12.9. The third-order valence-electron chi connectivity index (χ3n) is 4.77. The molecule has 0 aromatic heterocycles. The number of hydrogen-bond donors (Lipinski definition) is 1. The zero-order chi connectivity index (χ0) is 15.0. The Hall–Kier alpha value is -0.590. The highest BCUT2D eigenvalue weighted by atomic mass is 79.9. The van der Waals surface area contributed by atoms with Crippen LogP contribution in [0.2, 0.25) is 0 Å². The Balaban J connectivity index is 1.91. The molecule has 3 rings (SSSR count). The number of rotatable bonds is 3. The summed E-state index contributed by atoms with van der Waals surface area (Å²) >= 11 is 3.31. The number of sulfonamides is 1. The van der Waals surface area contributed by atoms with Crippen LogP contribution in [0.5, 0.6) is 0 Å². The molecule has 1 heterocycles. The monoisotopic (exact) mass is 372 g/mol. The Bertz CT molecular complexity index is 627. The van der Waals surface area contributed by atoms with E-state index in [4.69, 9.17) is 5.73 Å². The highest BCUT2D eigenvalue weighted by Gasteiger charge is 2.40. The topological polar surface area (TPSA) is 63.4 Å². The van der Waals surface area contributed by atoms with E-state index in [2.05, 4.69) is 15.9 Å². The average Bonchev–Trinajstić information content (AvgIpc) is 3.11. The van der Waals surface area contributed by atoms with Gasteiger partial charge in [-0.1, -0.05) is 12.8 Å². The third kappa shape index (κ3) is 2.85. The molecule has 6 heteroatoms. The lowest BCUT2D eigenvalue weighted by Gasteiger charge is -2.28. The van der Waals surface area contributed by atoms with Crippen LogP contribution in [0, 0.1) is 5.92 Å². The van der Waals surface area contributed by atoms with Gasteiger partial charge in [0.15, 0.2) is 0 Å². The van der Waals surface area contributed by atoms with E-state index in [1.165, 1.54) is 25.7 Å². The summed E-state index contributed by atoms with van der Waals surface area (Å²) in [5.41, 5.74) is 6.31. The van der Waals surface area contributed by atoms with Gasteiger partial charge in [-0.25, -0.2) is 8.42 Å². The second kappa shape index (κ2) is 5.89. The van der Waals surface area contributed by atoms with Crippen LogP contribution in [0.3, 0.4) is 0 Å². The number of nitrogen functional groups attached to an aromatic ring is 1. The average molecular weight is 373 g/mol. The fourth-order valence-corrected chi connectivity index (χ4v) is 5.73. The van der Waals surface area contributed by atoms with E-state index in [0.29, 0.717) is 23.0 Å².